The van der Waals surface area contributed by atoms with Gasteiger partial charge in [-0.05, 0) is 32.0 Å². The number of aromatic nitrogens is 1. The topological polar surface area (TPSA) is 38.5 Å². The first-order valence-corrected chi connectivity index (χ1v) is 7.56. The Balaban J connectivity index is 1.70. The summed E-state index contributed by atoms with van der Waals surface area (Å²) in [6.45, 7) is 6.82. The monoisotopic (exact) mass is 306 g/mol. The fraction of sp³-hybridized carbons (Fsp3) is 0.438. The van der Waals surface area contributed by atoms with Crippen molar-refractivity contribution < 1.29 is 9.15 Å². The molecule has 1 aliphatic rings. The molecule has 1 saturated heterocycles. The zero-order chi connectivity index (χ0) is 14.8. The molecular formula is C16H19ClN2O2. The summed E-state index contributed by atoms with van der Waals surface area (Å²) < 4.78 is 11.3. The van der Waals surface area contributed by atoms with Gasteiger partial charge in [0.2, 0.25) is 5.89 Å². The second-order valence-electron chi connectivity index (χ2n) is 5.61. The Kier molecular flexibility index (Phi) is 4.29. The average Bonchev–Trinajstić information content (AvgIpc) is 2.86. The molecule has 2 heterocycles. The summed E-state index contributed by atoms with van der Waals surface area (Å²) in [6.07, 6.45) is 2.24. The molecule has 2 unspecified atom stereocenters. The smallest absolute Gasteiger partial charge is 0.226 e. The molecule has 0 aliphatic carbocycles. The minimum Gasteiger partial charge on any atom is -0.444 e. The summed E-state index contributed by atoms with van der Waals surface area (Å²) >= 11 is 6.00. The van der Waals surface area contributed by atoms with Crippen LogP contribution in [0.2, 0.25) is 5.02 Å². The highest BCUT2D eigenvalue weighted by Crippen LogP contribution is 2.23. The Hall–Kier alpha value is -1.36. The van der Waals surface area contributed by atoms with Crippen LogP contribution in [0.4, 0.5) is 0 Å². The van der Waals surface area contributed by atoms with Crippen molar-refractivity contribution in [2.24, 2.45) is 0 Å². The summed E-state index contributed by atoms with van der Waals surface area (Å²) in [5.74, 6) is 0.613. The van der Waals surface area contributed by atoms with E-state index in [2.05, 4.69) is 23.7 Å². The lowest BCUT2D eigenvalue weighted by Crippen LogP contribution is -2.44. The van der Waals surface area contributed by atoms with Crippen molar-refractivity contribution >= 4 is 11.6 Å². The van der Waals surface area contributed by atoms with Crippen molar-refractivity contribution in [2.75, 3.05) is 13.1 Å². The van der Waals surface area contributed by atoms with E-state index in [0.29, 0.717) is 10.9 Å². The second-order valence-corrected chi connectivity index (χ2v) is 6.04. The van der Waals surface area contributed by atoms with Crippen LogP contribution in [0.3, 0.4) is 0 Å². The van der Waals surface area contributed by atoms with Crippen LogP contribution in [0.5, 0.6) is 0 Å². The Morgan fingerprint density at radius 2 is 2.05 bits per heavy atom. The molecule has 1 aromatic carbocycles. The Morgan fingerprint density at radius 3 is 2.76 bits per heavy atom. The van der Waals surface area contributed by atoms with Gasteiger partial charge in [-0.3, -0.25) is 4.90 Å². The molecule has 0 saturated carbocycles. The zero-order valence-corrected chi connectivity index (χ0v) is 13.0. The maximum absolute atomic E-state index is 6.00. The Morgan fingerprint density at radius 1 is 1.29 bits per heavy atom. The molecule has 5 heteroatoms. The quantitative estimate of drug-likeness (QED) is 0.868. The molecule has 2 aromatic rings. The molecule has 4 nitrogen and oxygen atoms in total. The first-order valence-electron chi connectivity index (χ1n) is 7.18. The van der Waals surface area contributed by atoms with Crippen molar-refractivity contribution in [1.82, 2.24) is 9.88 Å². The van der Waals surface area contributed by atoms with Crippen LogP contribution in [0.15, 0.2) is 34.9 Å². The van der Waals surface area contributed by atoms with Crippen LogP contribution in [0.1, 0.15) is 19.5 Å². The van der Waals surface area contributed by atoms with Crippen molar-refractivity contribution in [3.05, 3.63) is 41.2 Å². The molecule has 0 radical (unpaired) electrons. The normalized spacial score (nSPS) is 23.4. The molecule has 0 spiro atoms. The van der Waals surface area contributed by atoms with Gasteiger partial charge in [0.15, 0.2) is 0 Å². The third-order valence-electron chi connectivity index (χ3n) is 3.50. The molecule has 1 aromatic heterocycles. The van der Waals surface area contributed by atoms with Gasteiger partial charge < -0.3 is 9.15 Å². The van der Waals surface area contributed by atoms with Gasteiger partial charge in [-0.2, -0.15) is 0 Å². The van der Waals surface area contributed by atoms with Gasteiger partial charge in [0.05, 0.1) is 17.9 Å². The summed E-state index contributed by atoms with van der Waals surface area (Å²) in [7, 11) is 0. The molecule has 1 aliphatic heterocycles. The van der Waals surface area contributed by atoms with E-state index in [-0.39, 0.29) is 12.2 Å². The van der Waals surface area contributed by atoms with E-state index in [1.165, 1.54) is 0 Å². The molecule has 0 amide bonds. The van der Waals surface area contributed by atoms with Gasteiger partial charge in [-0.1, -0.05) is 17.7 Å². The number of oxazole rings is 1. The number of halogens is 1. The van der Waals surface area contributed by atoms with Crippen molar-refractivity contribution in [3.8, 4) is 11.5 Å². The van der Waals surface area contributed by atoms with Gasteiger partial charge >= 0.3 is 0 Å². The Labute approximate surface area is 129 Å². The van der Waals surface area contributed by atoms with E-state index in [9.17, 15) is 0 Å². The fourth-order valence-electron chi connectivity index (χ4n) is 2.78. The van der Waals surface area contributed by atoms with Crippen LogP contribution in [0.25, 0.3) is 11.5 Å². The van der Waals surface area contributed by atoms with Gasteiger partial charge in [-0.25, -0.2) is 4.98 Å². The highest BCUT2D eigenvalue weighted by atomic mass is 35.5. The third-order valence-corrected chi connectivity index (χ3v) is 3.74. The highest BCUT2D eigenvalue weighted by molar-refractivity contribution is 6.30. The van der Waals surface area contributed by atoms with Gasteiger partial charge in [-0.15, -0.1) is 0 Å². The first kappa shape index (κ1) is 14.6. The standard InChI is InChI=1S/C16H19ClN2O2/c1-11-7-19(8-12(2)21-11)9-15-10-20-16(18-15)13-4-3-5-14(17)6-13/h3-6,10-12H,7-9H2,1-2H3. The van der Waals surface area contributed by atoms with Crippen LogP contribution in [0, 0.1) is 0 Å². The second kappa shape index (κ2) is 6.18. The fourth-order valence-corrected chi connectivity index (χ4v) is 2.97. The summed E-state index contributed by atoms with van der Waals surface area (Å²) in [6, 6.07) is 7.54. The molecule has 0 bridgehead atoms. The van der Waals surface area contributed by atoms with Gasteiger partial charge in [0.25, 0.3) is 0 Å². The number of nitrogens with zero attached hydrogens (tertiary/aromatic N) is 2. The lowest BCUT2D eigenvalue weighted by molar-refractivity contribution is -0.0707. The van der Waals surface area contributed by atoms with E-state index in [1.54, 1.807) is 6.26 Å². The summed E-state index contributed by atoms with van der Waals surface area (Å²) in [4.78, 5) is 6.90. The molecule has 112 valence electrons. The number of rotatable bonds is 3. The molecule has 0 N–H and O–H groups in total. The molecular weight excluding hydrogens is 288 g/mol. The Bertz CT molecular complexity index is 604. The molecule has 3 rings (SSSR count). The van der Waals surface area contributed by atoms with Crippen molar-refractivity contribution in [3.63, 3.8) is 0 Å². The van der Waals surface area contributed by atoms with E-state index in [4.69, 9.17) is 20.8 Å². The maximum Gasteiger partial charge on any atom is 0.226 e. The third kappa shape index (κ3) is 3.64. The van der Waals surface area contributed by atoms with Crippen LogP contribution >= 0.6 is 11.6 Å². The summed E-state index contributed by atoms with van der Waals surface area (Å²) in [5.41, 5.74) is 1.84. The zero-order valence-electron chi connectivity index (χ0n) is 12.3. The number of benzene rings is 1. The minimum atomic E-state index is 0.257. The highest BCUT2D eigenvalue weighted by Gasteiger charge is 2.23. The molecule has 2 atom stereocenters. The van der Waals surface area contributed by atoms with Crippen LogP contribution < -0.4 is 0 Å². The average molecular weight is 307 g/mol. The van der Waals surface area contributed by atoms with Gasteiger partial charge in [0, 0.05) is 30.2 Å². The largest absolute Gasteiger partial charge is 0.444 e. The predicted molar refractivity (Wildman–Crippen MR) is 82.2 cm³/mol. The van der Waals surface area contributed by atoms with E-state index >= 15 is 0 Å². The number of morpholine rings is 1. The van der Waals surface area contributed by atoms with Crippen molar-refractivity contribution in [1.29, 1.82) is 0 Å². The number of ether oxygens (including phenoxy) is 1. The SMILES string of the molecule is CC1CN(Cc2coc(-c3cccc(Cl)c3)n2)CC(C)O1. The molecule has 1 fully saturated rings. The lowest BCUT2D eigenvalue weighted by atomic mass is 10.2. The predicted octanol–water partition coefficient (Wildman–Crippen LogP) is 3.60. The first-order chi connectivity index (χ1) is 10.1. The lowest BCUT2D eigenvalue weighted by Gasteiger charge is -2.34. The van der Waals surface area contributed by atoms with Crippen LogP contribution in [-0.2, 0) is 11.3 Å². The molecule has 21 heavy (non-hydrogen) atoms. The van der Waals surface area contributed by atoms with Crippen molar-refractivity contribution in [2.45, 2.75) is 32.6 Å². The van der Waals surface area contributed by atoms with Crippen LogP contribution in [-0.4, -0.2) is 35.2 Å². The summed E-state index contributed by atoms with van der Waals surface area (Å²) in [5, 5.41) is 0.683. The number of hydrogen-bond donors (Lipinski definition) is 0. The van der Waals surface area contributed by atoms with E-state index in [0.717, 1.165) is 30.9 Å². The van der Waals surface area contributed by atoms with Gasteiger partial charge in [0.1, 0.15) is 6.26 Å². The number of hydrogen-bond acceptors (Lipinski definition) is 4. The maximum atomic E-state index is 6.00. The van der Waals surface area contributed by atoms with E-state index < -0.39 is 0 Å². The minimum absolute atomic E-state index is 0.257. The van der Waals surface area contributed by atoms with E-state index in [1.807, 2.05) is 24.3 Å².